The van der Waals surface area contributed by atoms with Crippen LogP contribution in [0.4, 0.5) is 5.69 Å². The van der Waals surface area contributed by atoms with Crippen LogP contribution in [0.3, 0.4) is 0 Å². The zero-order chi connectivity index (χ0) is 13.0. The summed E-state index contributed by atoms with van der Waals surface area (Å²) < 4.78 is 5.37. The minimum absolute atomic E-state index is 0.779. The van der Waals surface area contributed by atoms with Crippen LogP contribution in [0.1, 0.15) is 18.4 Å². The topological polar surface area (TPSA) is 33.3 Å². The number of ether oxygens (including phenoxy) is 1. The molecule has 0 saturated carbocycles. The minimum Gasteiger partial charge on any atom is -0.495 e. The third-order valence-corrected chi connectivity index (χ3v) is 3.92. The third-order valence-electron chi connectivity index (χ3n) is 3.51. The second-order valence-corrected chi connectivity index (χ2v) is 5.28. The highest BCUT2D eigenvalue weighted by molar-refractivity contribution is 6.31. The maximum atomic E-state index is 6.14. The summed E-state index contributed by atoms with van der Waals surface area (Å²) in [5, 5.41) is 7.59. The molecule has 1 saturated heterocycles. The summed E-state index contributed by atoms with van der Waals surface area (Å²) >= 11 is 6.14. The Kier molecular flexibility index (Phi) is 4.72. The Balaban J connectivity index is 1.93. The van der Waals surface area contributed by atoms with E-state index in [1.807, 2.05) is 19.1 Å². The first-order valence-corrected chi connectivity index (χ1v) is 6.87. The van der Waals surface area contributed by atoms with Crippen LogP contribution in [-0.4, -0.2) is 26.7 Å². The first-order valence-electron chi connectivity index (χ1n) is 6.49. The first-order chi connectivity index (χ1) is 8.70. The molecule has 1 aliphatic heterocycles. The summed E-state index contributed by atoms with van der Waals surface area (Å²) in [5.74, 6) is 1.66. The van der Waals surface area contributed by atoms with Gasteiger partial charge in [-0.1, -0.05) is 11.6 Å². The van der Waals surface area contributed by atoms with Crippen LogP contribution in [0.2, 0.25) is 5.02 Å². The largest absolute Gasteiger partial charge is 0.495 e. The van der Waals surface area contributed by atoms with E-state index in [9.17, 15) is 0 Å². The van der Waals surface area contributed by atoms with Gasteiger partial charge in [-0.2, -0.15) is 0 Å². The van der Waals surface area contributed by atoms with Crippen molar-refractivity contribution in [2.45, 2.75) is 19.8 Å². The zero-order valence-electron chi connectivity index (χ0n) is 11.1. The molecule has 3 nitrogen and oxygen atoms in total. The summed E-state index contributed by atoms with van der Waals surface area (Å²) in [6, 6.07) is 3.92. The van der Waals surface area contributed by atoms with Crippen molar-refractivity contribution in [3.05, 3.63) is 22.7 Å². The average Bonchev–Trinajstić information content (AvgIpc) is 2.86. The predicted molar refractivity (Wildman–Crippen MR) is 76.8 cm³/mol. The van der Waals surface area contributed by atoms with Gasteiger partial charge in [0.25, 0.3) is 0 Å². The van der Waals surface area contributed by atoms with E-state index < -0.39 is 0 Å². The van der Waals surface area contributed by atoms with Crippen LogP contribution in [-0.2, 0) is 0 Å². The highest BCUT2D eigenvalue weighted by Crippen LogP contribution is 2.31. The second-order valence-electron chi connectivity index (χ2n) is 4.88. The SMILES string of the molecule is COc1cc(C)c(Cl)cc1NCCC1CCNC1. The molecule has 0 aliphatic carbocycles. The molecule has 2 rings (SSSR count). The molecule has 18 heavy (non-hydrogen) atoms. The summed E-state index contributed by atoms with van der Waals surface area (Å²) in [6.45, 7) is 5.25. The molecular weight excluding hydrogens is 248 g/mol. The molecule has 1 aromatic rings. The lowest BCUT2D eigenvalue weighted by molar-refractivity contribution is 0.416. The van der Waals surface area contributed by atoms with E-state index in [0.29, 0.717) is 0 Å². The summed E-state index contributed by atoms with van der Waals surface area (Å²) in [7, 11) is 1.69. The summed E-state index contributed by atoms with van der Waals surface area (Å²) in [6.07, 6.45) is 2.47. The summed E-state index contributed by atoms with van der Waals surface area (Å²) in [5.41, 5.74) is 2.03. The molecule has 100 valence electrons. The van der Waals surface area contributed by atoms with Gasteiger partial charge in [0.1, 0.15) is 5.75 Å². The highest BCUT2D eigenvalue weighted by Gasteiger charge is 2.14. The minimum atomic E-state index is 0.779. The standard InChI is InChI=1S/C14H21ClN2O/c1-10-7-14(18-2)13(8-12(10)15)17-6-4-11-3-5-16-9-11/h7-8,11,16-17H,3-6,9H2,1-2H3. The van der Waals surface area contributed by atoms with E-state index in [2.05, 4.69) is 10.6 Å². The van der Waals surface area contributed by atoms with Crippen molar-refractivity contribution in [1.29, 1.82) is 0 Å². The number of hydrogen-bond acceptors (Lipinski definition) is 3. The van der Waals surface area contributed by atoms with Gasteiger partial charge in [-0.3, -0.25) is 0 Å². The Morgan fingerprint density at radius 3 is 3.00 bits per heavy atom. The van der Waals surface area contributed by atoms with Gasteiger partial charge in [-0.25, -0.2) is 0 Å². The maximum Gasteiger partial charge on any atom is 0.142 e. The fourth-order valence-corrected chi connectivity index (χ4v) is 2.50. The molecule has 1 atom stereocenters. The molecule has 1 heterocycles. The molecule has 1 aliphatic rings. The Bertz CT molecular complexity index is 403. The Morgan fingerprint density at radius 2 is 2.33 bits per heavy atom. The Hall–Kier alpha value is -0.930. The van der Waals surface area contributed by atoms with Crippen LogP contribution in [0.15, 0.2) is 12.1 Å². The quantitative estimate of drug-likeness (QED) is 0.861. The molecule has 0 amide bonds. The van der Waals surface area contributed by atoms with Crippen molar-refractivity contribution < 1.29 is 4.74 Å². The van der Waals surface area contributed by atoms with Crippen molar-refractivity contribution in [3.63, 3.8) is 0 Å². The molecule has 0 aromatic heterocycles. The van der Waals surface area contributed by atoms with Crippen LogP contribution in [0.5, 0.6) is 5.75 Å². The van der Waals surface area contributed by atoms with Crippen LogP contribution in [0.25, 0.3) is 0 Å². The molecular formula is C14H21ClN2O. The van der Waals surface area contributed by atoms with E-state index in [0.717, 1.165) is 47.6 Å². The van der Waals surface area contributed by atoms with Gasteiger partial charge in [-0.05, 0) is 56.5 Å². The van der Waals surface area contributed by atoms with Crippen LogP contribution < -0.4 is 15.4 Å². The van der Waals surface area contributed by atoms with Crippen molar-refractivity contribution in [3.8, 4) is 5.75 Å². The van der Waals surface area contributed by atoms with E-state index >= 15 is 0 Å². The monoisotopic (exact) mass is 268 g/mol. The zero-order valence-corrected chi connectivity index (χ0v) is 11.8. The second kappa shape index (κ2) is 6.30. The molecule has 1 fully saturated rings. The number of rotatable bonds is 5. The van der Waals surface area contributed by atoms with Gasteiger partial charge in [0.2, 0.25) is 0 Å². The van der Waals surface area contributed by atoms with Crippen molar-refractivity contribution >= 4 is 17.3 Å². The molecule has 2 N–H and O–H groups in total. The lowest BCUT2D eigenvalue weighted by Gasteiger charge is -2.14. The van der Waals surface area contributed by atoms with Gasteiger partial charge in [0.05, 0.1) is 12.8 Å². The first kappa shape index (κ1) is 13.5. The van der Waals surface area contributed by atoms with E-state index in [4.69, 9.17) is 16.3 Å². The molecule has 0 spiro atoms. The van der Waals surface area contributed by atoms with Gasteiger partial charge >= 0.3 is 0 Å². The molecule has 0 radical (unpaired) electrons. The van der Waals surface area contributed by atoms with E-state index in [-0.39, 0.29) is 0 Å². The number of hydrogen-bond donors (Lipinski definition) is 2. The number of methoxy groups -OCH3 is 1. The van der Waals surface area contributed by atoms with Gasteiger partial charge < -0.3 is 15.4 Å². The number of aryl methyl sites for hydroxylation is 1. The van der Waals surface area contributed by atoms with Gasteiger partial charge in [0, 0.05) is 11.6 Å². The Morgan fingerprint density at radius 1 is 1.50 bits per heavy atom. The average molecular weight is 269 g/mol. The van der Waals surface area contributed by atoms with Crippen molar-refractivity contribution in [1.82, 2.24) is 5.32 Å². The number of halogens is 1. The van der Waals surface area contributed by atoms with Crippen molar-refractivity contribution in [2.24, 2.45) is 5.92 Å². The fraction of sp³-hybridized carbons (Fsp3) is 0.571. The van der Waals surface area contributed by atoms with Gasteiger partial charge in [-0.15, -0.1) is 0 Å². The summed E-state index contributed by atoms with van der Waals surface area (Å²) in [4.78, 5) is 0. The van der Waals surface area contributed by atoms with Crippen molar-refractivity contribution in [2.75, 3.05) is 32.1 Å². The molecule has 0 bridgehead atoms. The molecule has 1 aromatic carbocycles. The lowest BCUT2D eigenvalue weighted by atomic mass is 10.1. The van der Waals surface area contributed by atoms with Gasteiger partial charge in [0.15, 0.2) is 0 Å². The number of benzene rings is 1. The van der Waals surface area contributed by atoms with E-state index in [1.165, 1.54) is 12.8 Å². The Labute approximate surface area is 114 Å². The lowest BCUT2D eigenvalue weighted by Crippen LogP contribution is -2.13. The molecule has 4 heteroatoms. The maximum absolute atomic E-state index is 6.14. The fourth-order valence-electron chi connectivity index (χ4n) is 2.33. The smallest absolute Gasteiger partial charge is 0.142 e. The predicted octanol–water partition coefficient (Wildman–Crippen LogP) is 3.07. The highest BCUT2D eigenvalue weighted by atomic mass is 35.5. The molecule has 1 unspecified atom stereocenters. The normalized spacial score (nSPS) is 18.9. The third kappa shape index (κ3) is 3.30. The van der Waals surface area contributed by atoms with Crippen LogP contribution in [0, 0.1) is 12.8 Å². The van der Waals surface area contributed by atoms with Crippen LogP contribution >= 0.6 is 11.6 Å². The number of anilines is 1. The van der Waals surface area contributed by atoms with E-state index in [1.54, 1.807) is 7.11 Å². The number of nitrogens with one attached hydrogen (secondary N) is 2.